The van der Waals surface area contributed by atoms with Crippen molar-refractivity contribution in [1.29, 1.82) is 0 Å². The van der Waals surface area contributed by atoms with E-state index in [0.717, 1.165) is 23.0 Å². The van der Waals surface area contributed by atoms with Gasteiger partial charge in [-0.2, -0.15) is 0 Å². The summed E-state index contributed by atoms with van der Waals surface area (Å²) >= 11 is 0. The van der Waals surface area contributed by atoms with E-state index in [1.807, 2.05) is 36.4 Å². The molecule has 9 atom stereocenters. The molecule has 0 saturated carbocycles. The molecule has 0 bridgehead atoms. The minimum absolute atomic E-state index is 0.0218. The molecule has 1 aliphatic carbocycles. The topological polar surface area (TPSA) is 410 Å². The molecule has 1 aromatic heterocycles. The Morgan fingerprint density at radius 3 is 2.11 bits per heavy atom. The van der Waals surface area contributed by atoms with Gasteiger partial charge in [-0.1, -0.05) is 57.0 Å². The zero-order valence-corrected chi connectivity index (χ0v) is 39.8. The highest BCUT2D eigenvalue weighted by Gasteiger charge is 2.46. The van der Waals surface area contributed by atoms with Crippen molar-refractivity contribution in [1.82, 2.24) is 52.4 Å². The van der Waals surface area contributed by atoms with Crippen LogP contribution in [0.25, 0.3) is 10.9 Å². The SMILES string of the molecule is CC[C@H](C)[C@H](NC(=O)[C@H](CC(N)=O)NC(=O)[C@H](CC(N)=O)NC(=O)[C@@H](N)CCCCN)C(=O)N1CC(C2=CN(C3=CCC=C3)NN2)C[C@H]1C(=O)N[C@@H](Cc1c[nH]c2ccccc12)C(=O)N[C@@H](CO)C(N)=O. The van der Waals surface area contributed by atoms with Gasteiger partial charge in [-0.25, -0.2) is 0 Å². The Kier molecular flexibility index (Phi) is 19.6. The Hall–Kier alpha value is -7.35. The van der Waals surface area contributed by atoms with Crippen LogP contribution in [0.1, 0.15) is 70.8 Å². The number of rotatable bonds is 27. The number of likely N-dealkylation sites (tertiary alicyclic amines) is 1. The number of nitrogens with zero attached hydrogens (tertiary/aromatic N) is 2. The molecule has 1 unspecified atom stereocenters. The van der Waals surface area contributed by atoms with Crippen molar-refractivity contribution in [3.8, 4) is 0 Å². The Labute approximate surface area is 409 Å². The third-order valence-corrected chi connectivity index (χ3v) is 12.7. The van der Waals surface area contributed by atoms with Crippen molar-refractivity contribution < 1.29 is 48.3 Å². The summed E-state index contributed by atoms with van der Waals surface area (Å²) in [5, 5.41) is 24.9. The Bertz CT molecular complexity index is 2400. The molecule has 386 valence electrons. The number of unbranched alkanes of at least 4 members (excludes halogenated alkanes) is 1. The lowest BCUT2D eigenvalue weighted by atomic mass is 9.96. The standard InChI is InChI=1S/C46H67N15O10/c1-3-24(2)39(57-44(69)33(19-38(50)64)54-43(68)32(18-37(49)63)53-41(66)29(48)13-8-9-15-47)46(71)60-21-26(34-22-61(59-58-34)27-10-4-5-11-27)17-36(60)45(70)55-31(42(67)56-35(23-62)40(51)65)16-25-20-52-30-14-7-6-12-28(25)30/h4,6-7,10-12,14,20,22,24,26,29,31-33,35-36,39,52,58-59,62H,3,5,8-9,13,15-19,21,23,47-48H2,1-2H3,(H2,49,63)(H2,50,64)(H2,51,65)(H,53,66)(H,54,68)(H,55,70)(H,56,67)(H,57,69)/t24-,26?,29-,31-,32-,33-,35-,36-,39-/m0/s1. The van der Waals surface area contributed by atoms with Gasteiger partial charge in [0.15, 0.2) is 0 Å². The largest absolute Gasteiger partial charge is 0.394 e. The zero-order valence-electron chi connectivity index (χ0n) is 39.8. The van der Waals surface area contributed by atoms with Crippen LogP contribution in [0.3, 0.4) is 0 Å². The van der Waals surface area contributed by atoms with Gasteiger partial charge in [-0.05, 0) is 55.9 Å². The van der Waals surface area contributed by atoms with Crippen molar-refractivity contribution >= 4 is 64.1 Å². The summed E-state index contributed by atoms with van der Waals surface area (Å²) in [6.07, 6.45) is 10.1. The van der Waals surface area contributed by atoms with Crippen LogP contribution < -0.4 is 66.2 Å². The molecule has 3 heterocycles. The van der Waals surface area contributed by atoms with Crippen LogP contribution in [0.15, 0.2) is 66.3 Å². The molecule has 25 heteroatoms. The number of carbonyl (C=O) groups excluding carboxylic acids is 9. The first-order chi connectivity index (χ1) is 33.8. The van der Waals surface area contributed by atoms with Gasteiger partial charge in [0.1, 0.15) is 36.3 Å². The van der Waals surface area contributed by atoms with E-state index in [2.05, 4.69) is 42.5 Å². The summed E-state index contributed by atoms with van der Waals surface area (Å²) in [6, 6.07) is -2.68. The number of hydrogen-bond donors (Lipinski definition) is 14. The van der Waals surface area contributed by atoms with Gasteiger partial charge in [-0.15, -0.1) is 5.53 Å². The monoisotopic (exact) mass is 990 g/mol. The third-order valence-electron chi connectivity index (χ3n) is 12.7. The Morgan fingerprint density at radius 1 is 0.845 bits per heavy atom. The van der Waals surface area contributed by atoms with Crippen molar-refractivity contribution in [2.75, 3.05) is 19.7 Å². The van der Waals surface area contributed by atoms with Crippen molar-refractivity contribution in [3.05, 3.63) is 71.8 Å². The highest BCUT2D eigenvalue weighted by Crippen LogP contribution is 2.32. The number of aliphatic hydroxyl groups is 1. The highest BCUT2D eigenvalue weighted by atomic mass is 16.3. The van der Waals surface area contributed by atoms with Crippen LogP contribution in [0, 0.1) is 11.8 Å². The predicted octanol–water partition coefficient (Wildman–Crippen LogP) is -3.91. The molecule has 1 aromatic carbocycles. The number of hydrogen-bond acceptors (Lipinski definition) is 15. The molecule has 19 N–H and O–H groups in total. The lowest BCUT2D eigenvalue weighted by Gasteiger charge is -2.33. The summed E-state index contributed by atoms with van der Waals surface area (Å²) < 4.78 is 0. The molecule has 71 heavy (non-hydrogen) atoms. The summed E-state index contributed by atoms with van der Waals surface area (Å²) in [5.41, 5.74) is 36.9. The molecule has 0 radical (unpaired) electrons. The molecule has 9 amide bonds. The summed E-state index contributed by atoms with van der Waals surface area (Å²) in [4.78, 5) is 126. The molecule has 2 aromatic rings. The second kappa shape index (κ2) is 25.5. The Morgan fingerprint density at radius 2 is 1.49 bits per heavy atom. The second-order valence-corrected chi connectivity index (χ2v) is 17.9. The average Bonchev–Trinajstić information content (AvgIpc) is 4.18. The number of para-hydroxylation sites is 1. The van der Waals surface area contributed by atoms with E-state index in [1.54, 1.807) is 37.3 Å². The minimum Gasteiger partial charge on any atom is -0.394 e. The summed E-state index contributed by atoms with van der Waals surface area (Å²) in [5.74, 6) is -9.39. The van der Waals surface area contributed by atoms with E-state index in [0.29, 0.717) is 37.1 Å². The molecule has 1 saturated heterocycles. The number of aromatic nitrogens is 1. The quantitative estimate of drug-likeness (QED) is 0.0381. The predicted molar refractivity (Wildman–Crippen MR) is 258 cm³/mol. The van der Waals surface area contributed by atoms with E-state index in [1.165, 1.54) is 4.90 Å². The molecule has 3 aliphatic rings. The second-order valence-electron chi connectivity index (χ2n) is 17.9. The highest BCUT2D eigenvalue weighted by molar-refractivity contribution is 5.99. The van der Waals surface area contributed by atoms with Crippen LogP contribution in [0.4, 0.5) is 0 Å². The number of aromatic amines is 1. The van der Waals surface area contributed by atoms with Crippen LogP contribution in [-0.4, -0.2) is 135 Å². The maximum Gasteiger partial charge on any atom is 0.246 e. The van der Waals surface area contributed by atoms with E-state index in [9.17, 15) is 43.5 Å². The lowest BCUT2D eigenvalue weighted by molar-refractivity contribution is -0.144. The lowest BCUT2D eigenvalue weighted by Crippen LogP contribution is -2.61. The van der Waals surface area contributed by atoms with Crippen LogP contribution >= 0.6 is 0 Å². The number of nitrogens with two attached hydrogens (primary N) is 5. The van der Waals surface area contributed by atoms with E-state index < -0.39 is 127 Å². The summed E-state index contributed by atoms with van der Waals surface area (Å²) in [7, 11) is 0. The smallest absolute Gasteiger partial charge is 0.246 e. The van der Waals surface area contributed by atoms with E-state index in [4.69, 9.17) is 28.7 Å². The van der Waals surface area contributed by atoms with Gasteiger partial charge >= 0.3 is 0 Å². The first-order valence-corrected chi connectivity index (χ1v) is 23.5. The zero-order chi connectivity index (χ0) is 51.9. The molecule has 25 nitrogen and oxygen atoms in total. The van der Waals surface area contributed by atoms with Gasteiger partial charge in [0, 0.05) is 42.2 Å². The van der Waals surface area contributed by atoms with E-state index >= 15 is 4.79 Å². The number of H-pyrrole nitrogens is 1. The number of fused-ring (bicyclic) bond motifs is 1. The number of benzene rings is 1. The number of aliphatic hydroxyl groups excluding tert-OH is 1. The van der Waals surface area contributed by atoms with E-state index in [-0.39, 0.29) is 25.8 Å². The maximum absolute atomic E-state index is 15.1. The normalized spacial score (nSPS) is 19.2. The number of hydrazine groups is 2. The van der Waals surface area contributed by atoms with Crippen LogP contribution in [0.2, 0.25) is 0 Å². The fourth-order valence-electron chi connectivity index (χ4n) is 8.46. The number of primary amides is 3. The number of nitrogens with one attached hydrogen (secondary N) is 8. The van der Waals surface area contributed by atoms with Gasteiger partial charge in [-0.3, -0.25) is 48.2 Å². The molecule has 0 spiro atoms. The maximum atomic E-state index is 15.1. The fraction of sp³-hybridized carbons (Fsp3) is 0.500. The molecular weight excluding hydrogens is 923 g/mol. The van der Waals surface area contributed by atoms with Crippen LogP contribution in [0.5, 0.6) is 0 Å². The minimum atomic E-state index is -1.73. The van der Waals surface area contributed by atoms with Crippen molar-refractivity contribution in [2.45, 2.75) is 114 Å². The molecule has 1 fully saturated rings. The average molecular weight is 990 g/mol. The first-order valence-electron chi connectivity index (χ1n) is 23.5. The van der Waals surface area contributed by atoms with Crippen molar-refractivity contribution in [2.24, 2.45) is 40.5 Å². The number of allylic oxidation sites excluding steroid dienone is 3. The van der Waals surface area contributed by atoms with Gasteiger partial charge < -0.3 is 75.7 Å². The Balaban J connectivity index is 1.44. The van der Waals surface area contributed by atoms with Gasteiger partial charge in [0.2, 0.25) is 53.2 Å². The molecule has 2 aliphatic heterocycles. The number of amides is 9. The summed E-state index contributed by atoms with van der Waals surface area (Å²) in [6.45, 7) is 2.91. The molecule has 5 rings (SSSR count). The fourth-order valence-corrected chi connectivity index (χ4v) is 8.46. The third kappa shape index (κ3) is 14.6. The molecular formula is C46H67N15O10. The van der Waals surface area contributed by atoms with Crippen LogP contribution in [-0.2, 0) is 49.6 Å². The van der Waals surface area contributed by atoms with Gasteiger partial charge in [0.05, 0.1) is 36.9 Å². The number of carbonyl (C=O) groups is 9. The van der Waals surface area contributed by atoms with Gasteiger partial charge in [0.25, 0.3) is 0 Å². The first kappa shape index (κ1) is 54.6. The van der Waals surface area contributed by atoms with Crippen molar-refractivity contribution in [3.63, 3.8) is 0 Å².